The second-order valence-corrected chi connectivity index (χ2v) is 7.91. The summed E-state index contributed by atoms with van der Waals surface area (Å²) in [5.74, 6) is -1.46. The van der Waals surface area contributed by atoms with Gasteiger partial charge in [-0.15, -0.1) is 0 Å². The van der Waals surface area contributed by atoms with Gasteiger partial charge in [-0.3, -0.25) is 0 Å². The summed E-state index contributed by atoms with van der Waals surface area (Å²) in [4.78, 5) is 26.2. The van der Waals surface area contributed by atoms with Crippen molar-refractivity contribution < 1.29 is 38.0 Å². The first-order valence-corrected chi connectivity index (χ1v) is 10.3. The number of esters is 2. The molecule has 1 aliphatic carbocycles. The molecule has 3 aliphatic rings. The Morgan fingerprint density at radius 2 is 1.50 bits per heavy atom. The van der Waals surface area contributed by atoms with Gasteiger partial charge in [-0.1, -0.05) is 12.1 Å². The number of hydrogen-bond acceptors (Lipinski definition) is 10. The van der Waals surface area contributed by atoms with E-state index in [4.69, 9.17) is 34.2 Å². The third kappa shape index (κ3) is 2.86. The van der Waals surface area contributed by atoms with Gasteiger partial charge in [-0.05, 0) is 35.4 Å². The molecule has 0 spiro atoms. The molecule has 2 aromatic carbocycles. The molecule has 2 aromatic rings. The first kappa shape index (κ1) is 21.5. The average Bonchev–Trinajstić information content (AvgIpc) is 3.58. The lowest BCUT2D eigenvalue weighted by Gasteiger charge is -2.31. The van der Waals surface area contributed by atoms with Crippen LogP contribution in [0.3, 0.4) is 0 Å². The number of rotatable bonds is 4. The Bertz CT molecular complexity index is 1280. The van der Waals surface area contributed by atoms with Crippen molar-refractivity contribution in [2.45, 2.75) is 11.8 Å². The average molecular weight is 464 g/mol. The molecular weight excluding hydrogens is 444 g/mol. The summed E-state index contributed by atoms with van der Waals surface area (Å²) in [6.07, 6.45) is 0. The van der Waals surface area contributed by atoms with E-state index in [1.807, 2.05) is 0 Å². The Hall–Kier alpha value is -4.39. The molecule has 0 aromatic heterocycles. The largest absolute Gasteiger partial charge is 0.468 e. The third-order valence-electron chi connectivity index (χ3n) is 6.43. The minimum Gasteiger partial charge on any atom is -0.468 e. The predicted octanol–water partition coefficient (Wildman–Crippen LogP) is 2.09. The van der Waals surface area contributed by atoms with Crippen molar-refractivity contribution in [3.05, 3.63) is 58.8 Å². The number of carbonyl (C=O) groups excluding carboxylic acids is 2. The van der Waals surface area contributed by atoms with E-state index in [1.54, 1.807) is 36.4 Å². The van der Waals surface area contributed by atoms with Gasteiger partial charge in [0, 0.05) is 11.8 Å². The number of ether oxygens (including phenoxy) is 6. The number of fused-ring (bicyclic) bond motifs is 2. The normalized spacial score (nSPS) is 24.0. The van der Waals surface area contributed by atoms with Crippen LogP contribution in [0.15, 0.2) is 47.7 Å². The van der Waals surface area contributed by atoms with E-state index in [2.05, 4.69) is 6.07 Å². The molecule has 0 fully saturated rings. The zero-order valence-corrected chi connectivity index (χ0v) is 18.3. The van der Waals surface area contributed by atoms with Gasteiger partial charge in [-0.25, -0.2) is 9.59 Å². The van der Waals surface area contributed by atoms with Crippen LogP contribution in [0.5, 0.6) is 23.0 Å². The highest BCUT2D eigenvalue weighted by Gasteiger charge is 2.62. The monoisotopic (exact) mass is 464 g/mol. The van der Waals surface area contributed by atoms with Crippen LogP contribution in [0.1, 0.15) is 23.0 Å². The maximum atomic E-state index is 13.2. The minimum atomic E-state index is -2.01. The van der Waals surface area contributed by atoms with Gasteiger partial charge < -0.3 is 34.2 Å². The Balaban J connectivity index is 1.78. The van der Waals surface area contributed by atoms with Crippen molar-refractivity contribution >= 4 is 11.9 Å². The minimum absolute atomic E-state index is 0.00372. The Labute approximate surface area is 194 Å². The number of carbonyl (C=O) groups is 2. The maximum Gasteiger partial charge on any atom is 0.336 e. The highest BCUT2D eigenvalue weighted by molar-refractivity contribution is 5.98. The molecule has 0 radical (unpaired) electrons. The molecule has 10 nitrogen and oxygen atoms in total. The van der Waals surface area contributed by atoms with E-state index < -0.39 is 29.2 Å². The molecule has 34 heavy (non-hydrogen) atoms. The molecular formula is C24H20N2O8. The smallest absolute Gasteiger partial charge is 0.336 e. The zero-order chi connectivity index (χ0) is 24.0. The number of nitrogens with zero attached hydrogens (tertiary/aromatic N) is 1. The molecule has 0 bridgehead atoms. The number of methoxy groups -OCH3 is 2. The molecule has 0 saturated carbocycles. The number of nitriles is 1. The summed E-state index contributed by atoms with van der Waals surface area (Å²) in [5, 5.41) is 10.4. The van der Waals surface area contributed by atoms with Crippen LogP contribution in [-0.2, 0) is 19.1 Å². The summed E-state index contributed by atoms with van der Waals surface area (Å²) in [7, 11) is 2.37. The summed E-state index contributed by atoms with van der Waals surface area (Å²) in [5.41, 5.74) is 5.32. The topological polar surface area (TPSA) is 139 Å². The van der Waals surface area contributed by atoms with E-state index in [0.29, 0.717) is 34.1 Å². The van der Waals surface area contributed by atoms with Gasteiger partial charge in [-0.2, -0.15) is 5.26 Å². The Morgan fingerprint density at radius 3 is 2.06 bits per heavy atom. The van der Waals surface area contributed by atoms with E-state index in [0.717, 1.165) is 7.11 Å². The Kier molecular flexibility index (Phi) is 4.97. The van der Waals surface area contributed by atoms with Crippen LogP contribution in [0, 0.1) is 16.7 Å². The van der Waals surface area contributed by atoms with E-state index in [-0.39, 0.29) is 24.9 Å². The Morgan fingerprint density at radius 1 is 0.941 bits per heavy atom. The molecule has 5 rings (SSSR count). The lowest BCUT2D eigenvalue weighted by Crippen LogP contribution is -2.40. The van der Waals surface area contributed by atoms with Crippen molar-refractivity contribution in [2.75, 3.05) is 27.8 Å². The lowest BCUT2D eigenvalue weighted by atomic mass is 9.68. The van der Waals surface area contributed by atoms with Crippen LogP contribution >= 0.6 is 0 Å². The third-order valence-corrected chi connectivity index (χ3v) is 6.43. The van der Waals surface area contributed by atoms with Gasteiger partial charge >= 0.3 is 11.9 Å². The predicted molar refractivity (Wildman–Crippen MR) is 114 cm³/mol. The van der Waals surface area contributed by atoms with Crippen LogP contribution in [0.2, 0.25) is 0 Å². The first-order valence-electron chi connectivity index (χ1n) is 10.3. The van der Waals surface area contributed by atoms with Gasteiger partial charge in [0.05, 0.1) is 31.6 Å². The van der Waals surface area contributed by atoms with Crippen LogP contribution < -0.4 is 24.7 Å². The fourth-order valence-electron chi connectivity index (χ4n) is 4.90. The number of nitrogens with two attached hydrogens (primary N) is 1. The highest BCUT2D eigenvalue weighted by atomic mass is 16.7. The van der Waals surface area contributed by atoms with Gasteiger partial charge in [0.25, 0.3) is 0 Å². The van der Waals surface area contributed by atoms with Gasteiger partial charge in [0.2, 0.25) is 19.0 Å². The first-order chi connectivity index (χ1) is 16.5. The van der Waals surface area contributed by atoms with Crippen molar-refractivity contribution in [1.29, 1.82) is 5.26 Å². The highest BCUT2D eigenvalue weighted by Crippen LogP contribution is 2.60. The summed E-state index contributed by atoms with van der Waals surface area (Å²) >= 11 is 0. The second-order valence-electron chi connectivity index (χ2n) is 7.91. The number of hydrogen-bond donors (Lipinski definition) is 1. The van der Waals surface area contributed by atoms with Crippen LogP contribution in [0.25, 0.3) is 0 Å². The van der Waals surface area contributed by atoms with Crippen LogP contribution in [-0.4, -0.2) is 39.7 Å². The van der Waals surface area contributed by atoms with E-state index in [1.165, 1.54) is 7.11 Å². The standard InChI is InChI=1S/C24H20N2O8/c1-29-22(27)19-18(12-3-5-14-16(7-12)33-10-31-14)20(24(9-25,21(19)26)23(28)30-2)13-4-6-15-17(8-13)34-11-32-15/h3-8,18,20H,10-11,26H2,1-2H3/t18-,20+,24-/m1/s1. The van der Waals surface area contributed by atoms with E-state index >= 15 is 0 Å². The SMILES string of the molecule is COC(=O)C1=C(N)[C@](C#N)(C(=O)OC)[C@@H](c2ccc3c(c2)OCO3)[C@@H]1c1ccc2c(c1)OCO2. The second kappa shape index (κ2) is 7.88. The van der Waals surface area contributed by atoms with Crippen molar-refractivity contribution in [3.63, 3.8) is 0 Å². The molecule has 0 unspecified atom stereocenters. The molecule has 0 saturated heterocycles. The quantitative estimate of drug-likeness (QED) is 0.669. The lowest BCUT2D eigenvalue weighted by molar-refractivity contribution is -0.148. The number of benzene rings is 2. The summed E-state index contributed by atoms with van der Waals surface area (Å²) < 4.78 is 31.9. The molecule has 0 amide bonds. The van der Waals surface area contributed by atoms with Gasteiger partial charge in [0.15, 0.2) is 23.0 Å². The van der Waals surface area contributed by atoms with E-state index in [9.17, 15) is 14.9 Å². The zero-order valence-electron chi connectivity index (χ0n) is 18.3. The molecule has 3 atom stereocenters. The fourth-order valence-corrected chi connectivity index (χ4v) is 4.90. The molecule has 2 N–H and O–H groups in total. The maximum absolute atomic E-state index is 13.2. The summed E-state index contributed by atoms with van der Waals surface area (Å²) in [6.45, 7) is 0.102. The molecule has 2 aliphatic heterocycles. The fraction of sp³-hybridized carbons (Fsp3) is 0.292. The van der Waals surface area contributed by atoms with Crippen molar-refractivity contribution in [2.24, 2.45) is 11.1 Å². The van der Waals surface area contributed by atoms with Crippen molar-refractivity contribution in [3.8, 4) is 29.1 Å². The molecule has 174 valence electrons. The molecule has 2 heterocycles. The summed E-state index contributed by atoms with van der Waals surface area (Å²) in [6, 6.07) is 12.3. The van der Waals surface area contributed by atoms with Crippen LogP contribution in [0.4, 0.5) is 0 Å². The van der Waals surface area contributed by atoms with Gasteiger partial charge in [0.1, 0.15) is 0 Å². The van der Waals surface area contributed by atoms with Crippen molar-refractivity contribution in [1.82, 2.24) is 0 Å². The molecule has 10 heteroatoms.